The Morgan fingerprint density at radius 2 is 2.15 bits per heavy atom. The molecular weight excluding hydrogens is 190 g/mol. The summed E-state index contributed by atoms with van der Waals surface area (Å²) >= 11 is 0. The minimum atomic E-state index is -3.45. The lowest BCUT2D eigenvalue weighted by molar-refractivity contribution is -0.115. The topological polar surface area (TPSA) is 63.2 Å². The molecule has 0 bridgehead atoms. The van der Waals surface area contributed by atoms with Crippen LogP contribution in [0.1, 0.15) is 26.2 Å². The van der Waals surface area contributed by atoms with Gasteiger partial charge in [-0.3, -0.25) is 4.79 Å². The van der Waals surface area contributed by atoms with Crippen molar-refractivity contribution >= 4 is 15.9 Å². The largest absolute Gasteiger partial charge is 0.269 e. The molecule has 2 aliphatic rings. The molecule has 0 aromatic carbocycles. The zero-order chi connectivity index (χ0) is 9.64. The number of hydrogen-bond acceptors (Lipinski definition) is 3. The lowest BCUT2D eigenvalue weighted by atomic mass is 9.91. The molecule has 0 saturated heterocycles. The maximum Gasteiger partial charge on any atom is 0.261 e. The maximum absolute atomic E-state index is 11.4. The van der Waals surface area contributed by atoms with Crippen molar-refractivity contribution in [1.82, 2.24) is 4.72 Å². The van der Waals surface area contributed by atoms with Gasteiger partial charge in [0.25, 0.3) is 15.9 Å². The SMILES string of the molecule is CC1CCC2=C(C1)S(=O)(=O)NC2=O. The average Bonchev–Trinajstić information content (AvgIpc) is 2.23. The molecular formula is C8H11NO3S. The van der Waals surface area contributed by atoms with Gasteiger partial charge in [-0.25, -0.2) is 13.1 Å². The van der Waals surface area contributed by atoms with Gasteiger partial charge in [-0.05, 0) is 25.2 Å². The van der Waals surface area contributed by atoms with Gasteiger partial charge in [-0.2, -0.15) is 0 Å². The Labute approximate surface area is 77.1 Å². The molecule has 1 N–H and O–H groups in total. The van der Waals surface area contributed by atoms with Gasteiger partial charge in [0.15, 0.2) is 0 Å². The van der Waals surface area contributed by atoms with E-state index in [1.54, 1.807) is 0 Å². The summed E-state index contributed by atoms with van der Waals surface area (Å²) < 4.78 is 24.7. The fraction of sp³-hybridized carbons (Fsp3) is 0.625. The third kappa shape index (κ3) is 1.27. The zero-order valence-electron chi connectivity index (χ0n) is 7.33. The van der Waals surface area contributed by atoms with E-state index in [2.05, 4.69) is 0 Å². The highest BCUT2D eigenvalue weighted by Crippen LogP contribution is 2.35. The van der Waals surface area contributed by atoms with Crippen molar-refractivity contribution in [2.24, 2.45) is 5.92 Å². The highest BCUT2D eigenvalue weighted by molar-refractivity contribution is 7.94. The van der Waals surface area contributed by atoms with Crippen LogP contribution >= 0.6 is 0 Å². The van der Waals surface area contributed by atoms with Crippen molar-refractivity contribution in [3.63, 3.8) is 0 Å². The summed E-state index contributed by atoms with van der Waals surface area (Å²) in [6.07, 6.45) is 2.01. The van der Waals surface area contributed by atoms with Crippen molar-refractivity contribution in [2.45, 2.75) is 26.2 Å². The Kier molecular flexibility index (Phi) is 1.73. The Morgan fingerprint density at radius 3 is 2.85 bits per heavy atom. The van der Waals surface area contributed by atoms with E-state index >= 15 is 0 Å². The number of nitrogens with one attached hydrogen (secondary N) is 1. The third-order valence-electron chi connectivity index (χ3n) is 2.58. The lowest BCUT2D eigenvalue weighted by Crippen LogP contribution is -2.23. The van der Waals surface area contributed by atoms with Crippen LogP contribution in [0.4, 0.5) is 0 Å². The number of carbonyl (C=O) groups is 1. The van der Waals surface area contributed by atoms with E-state index in [0.29, 0.717) is 29.2 Å². The van der Waals surface area contributed by atoms with Gasteiger partial charge >= 0.3 is 0 Å². The first kappa shape index (κ1) is 8.74. The molecule has 13 heavy (non-hydrogen) atoms. The van der Waals surface area contributed by atoms with Crippen molar-refractivity contribution in [2.75, 3.05) is 0 Å². The predicted molar refractivity (Wildman–Crippen MR) is 47.1 cm³/mol. The molecule has 1 heterocycles. The van der Waals surface area contributed by atoms with Crippen LogP contribution in [0, 0.1) is 5.92 Å². The standard InChI is InChI=1S/C8H11NO3S/c1-5-2-3-6-7(4-5)13(11,12)9-8(6)10/h5H,2-4H2,1H3,(H,9,10). The van der Waals surface area contributed by atoms with E-state index in [0.717, 1.165) is 6.42 Å². The number of allylic oxidation sites excluding steroid dienone is 1. The van der Waals surface area contributed by atoms with Crippen LogP contribution in [0.25, 0.3) is 0 Å². The molecule has 1 atom stereocenters. The van der Waals surface area contributed by atoms with E-state index in [1.165, 1.54) is 0 Å². The van der Waals surface area contributed by atoms with Crippen LogP contribution in [0.2, 0.25) is 0 Å². The zero-order valence-corrected chi connectivity index (χ0v) is 8.15. The normalized spacial score (nSPS) is 31.5. The Balaban J connectivity index is 2.49. The summed E-state index contributed by atoms with van der Waals surface area (Å²) in [6.45, 7) is 2.00. The summed E-state index contributed by atoms with van der Waals surface area (Å²) in [4.78, 5) is 11.5. The molecule has 1 aliphatic carbocycles. The molecule has 5 heteroatoms. The van der Waals surface area contributed by atoms with Gasteiger partial charge in [0.05, 0.1) is 4.91 Å². The van der Waals surface area contributed by atoms with Crippen molar-refractivity contribution in [3.8, 4) is 0 Å². The highest BCUT2D eigenvalue weighted by Gasteiger charge is 2.38. The minimum Gasteiger partial charge on any atom is -0.269 e. The van der Waals surface area contributed by atoms with Crippen molar-refractivity contribution in [1.29, 1.82) is 0 Å². The average molecular weight is 201 g/mol. The first-order valence-electron chi connectivity index (χ1n) is 4.30. The second-order valence-electron chi connectivity index (χ2n) is 3.68. The molecule has 0 spiro atoms. The Morgan fingerprint density at radius 1 is 1.46 bits per heavy atom. The molecule has 0 radical (unpaired) electrons. The Hall–Kier alpha value is -0.840. The molecule has 0 aromatic heterocycles. The molecule has 0 fully saturated rings. The fourth-order valence-electron chi connectivity index (χ4n) is 1.83. The summed E-state index contributed by atoms with van der Waals surface area (Å²) in [5.74, 6) is -0.0527. The molecule has 1 amide bonds. The van der Waals surface area contributed by atoms with Crippen LogP contribution in [0.3, 0.4) is 0 Å². The second kappa shape index (κ2) is 2.57. The third-order valence-corrected chi connectivity index (χ3v) is 4.10. The van der Waals surface area contributed by atoms with E-state index in [1.807, 2.05) is 11.6 Å². The number of carbonyl (C=O) groups excluding carboxylic acids is 1. The molecule has 0 aromatic rings. The van der Waals surface area contributed by atoms with Crippen LogP contribution in [-0.4, -0.2) is 14.3 Å². The van der Waals surface area contributed by atoms with Crippen LogP contribution in [-0.2, 0) is 14.8 Å². The van der Waals surface area contributed by atoms with E-state index in [4.69, 9.17) is 0 Å². The van der Waals surface area contributed by atoms with E-state index in [9.17, 15) is 13.2 Å². The first-order valence-corrected chi connectivity index (χ1v) is 5.78. The molecule has 2 rings (SSSR count). The van der Waals surface area contributed by atoms with Gasteiger partial charge < -0.3 is 0 Å². The number of rotatable bonds is 0. The van der Waals surface area contributed by atoms with Gasteiger partial charge in [0.2, 0.25) is 0 Å². The van der Waals surface area contributed by atoms with Crippen molar-refractivity contribution in [3.05, 3.63) is 10.5 Å². The molecule has 1 aliphatic heterocycles. The smallest absolute Gasteiger partial charge is 0.261 e. The summed E-state index contributed by atoms with van der Waals surface area (Å²) in [5, 5.41) is 0. The van der Waals surface area contributed by atoms with Crippen molar-refractivity contribution < 1.29 is 13.2 Å². The van der Waals surface area contributed by atoms with Crippen LogP contribution in [0.5, 0.6) is 0 Å². The van der Waals surface area contributed by atoms with Gasteiger partial charge in [0.1, 0.15) is 0 Å². The number of amides is 1. The summed E-state index contributed by atoms with van der Waals surface area (Å²) in [5.41, 5.74) is 0.484. The van der Waals surface area contributed by atoms with E-state index < -0.39 is 15.9 Å². The molecule has 1 unspecified atom stereocenters. The quantitative estimate of drug-likeness (QED) is 0.621. The van der Waals surface area contributed by atoms with E-state index in [-0.39, 0.29) is 0 Å². The maximum atomic E-state index is 11.4. The van der Waals surface area contributed by atoms with Crippen LogP contribution in [0.15, 0.2) is 10.5 Å². The van der Waals surface area contributed by atoms with Crippen LogP contribution < -0.4 is 4.72 Å². The fourth-order valence-corrected chi connectivity index (χ4v) is 3.34. The molecule has 4 nitrogen and oxygen atoms in total. The lowest BCUT2D eigenvalue weighted by Gasteiger charge is -2.16. The first-order chi connectivity index (χ1) is 6.00. The Bertz CT molecular complexity index is 394. The summed E-state index contributed by atoms with van der Waals surface area (Å²) in [6, 6.07) is 0. The van der Waals surface area contributed by atoms with Gasteiger partial charge in [-0.1, -0.05) is 6.92 Å². The van der Waals surface area contributed by atoms with Gasteiger partial charge in [0, 0.05) is 5.57 Å². The number of sulfonamides is 1. The number of hydrogen-bond donors (Lipinski definition) is 1. The predicted octanol–water partition coefficient (Wildman–Crippen LogP) is 0.520. The molecule has 0 saturated carbocycles. The van der Waals surface area contributed by atoms with Gasteiger partial charge in [-0.15, -0.1) is 0 Å². The minimum absolute atomic E-state index is 0.330. The highest BCUT2D eigenvalue weighted by atomic mass is 32.2. The second-order valence-corrected chi connectivity index (χ2v) is 5.39. The summed E-state index contributed by atoms with van der Waals surface area (Å²) in [7, 11) is -3.45. The molecule has 72 valence electrons. The monoisotopic (exact) mass is 201 g/mol.